The van der Waals surface area contributed by atoms with Crippen LogP contribution in [-0.4, -0.2) is 88.5 Å². The first-order chi connectivity index (χ1) is 21.3. The molecular weight excluding hydrogens is 580 g/mol. The number of rotatable bonds is 5. The van der Waals surface area contributed by atoms with Crippen molar-refractivity contribution in [1.82, 2.24) is 0 Å². The quantitative estimate of drug-likeness (QED) is 0.306. The second-order valence-electron chi connectivity index (χ2n) is 15.5. The average Bonchev–Trinajstić information content (AvgIpc) is 3.55. The molecule has 3 aliphatic heterocycles. The molecule has 3 N–H and O–H groups in total. The molecular formula is C35H50O10. The van der Waals surface area contributed by atoms with Crippen LogP contribution in [-0.2, 0) is 33.3 Å². The van der Waals surface area contributed by atoms with E-state index < -0.39 is 48.7 Å². The zero-order chi connectivity index (χ0) is 31.9. The van der Waals surface area contributed by atoms with Gasteiger partial charge in [-0.2, -0.15) is 0 Å². The third-order valence-electron chi connectivity index (χ3n) is 13.5. The van der Waals surface area contributed by atoms with Crippen molar-refractivity contribution >= 4 is 11.8 Å². The second-order valence-corrected chi connectivity index (χ2v) is 15.5. The van der Waals surface area contributed by atoms with E-state index >= 15 is 0 Å². The molecule has 6 unspecified atom stereocenters. The number of aliphatic hydroxyl groups excluding tert-OH is 2. The molecule has 15 atom stereocenters. The van der Waals surface area contributed by atoms with E-state index in [9.17, 15) is 24.9 Å². The molecule has 3 heterocycles. The molecule has 4 aliphatic carbocycles. The van der Waals surface area contributed by atoms with Gasteiger partial charge in [-0.05, 0) is 118 Å². The molecule has 0 amide bonds. The van der Waals surface area contributed by atoms with Crippen molar-refractivity contribution in [1.29, 1.82) is 0 Å². The number of hydrogen-bond donors (Lipinski definition) is 3. The summed E-state index contributed by atoms with van der Waals surface area (Å²) in [4.78, 5) is 23.7. The van der Waals surface area contributed by atoms with Gasteiger partial charge in [0.05, 0.1) is 17.8 Å². The minimum atomic E-state index is -1.23. The fourth-order valence-corrected chi connectivity index (χ4v) is 10.8. The van der Waals surface area contributed by atoms with E-state index in [1.807, 2.05) is 0 Å². The molecule has 0 bridgehead atoms. The highest BCUT2D eigenvalue weighted by atomic mass is 16.7. The summed E-state index contributed by atoms with van der Waals surface area (Å²) in [5, 5.41) is 34.6. The number of ether oxygens (including phenoxy) is 5. The third-order valence-corrected chi connectivity index (χ3v) is 13.5. The van der Waals surface area contributed by atoms with Crippen LogP contribution < -0.4 is 0 Å². The molecule has 10 heteroatoms. The highest BCUT2D eigenvalue weighted by molar-refractivity contribution is 5.93. The Bertz CT molecular complexity index is 1250. The van der Waals surface area contributed by atoms with Gasteiger partial charge in [0.1, 0.15) is 31.0 Å². The topological polar surface area (TPSA) is 141 Å². The van der Waals surface area contributed by atoms with Gasteiger partial charge in [-0.3, -0.25) is 4.79 Å². The van der Waals surface area contributed by atoms with E-state index in [0.29, 0.717) is 18.4 Å². The number of hydrogen-bond acceptors (Lipinski definition) is 10. The molecule has 0 spiro atoms. The Morgan fingerprint density at radius 2 is 1.71 bits per heavy atom. The van der Waals surface area contributed by atoms with Crippen molar-refractivity contribution in [2.24, 2.45) is 34.5 Å². The summed E-state index contributed by atoms with van der Waals surface area (Å²) >= 11 is 0. The minimum absolute atomic E-state index is 0.0869. The highest BCUT2D eigenvalue weighted by Crippen LogP contribution is 2.70. The molecule has 10 nitrogen and oxygen atoms in total. The summed E-state index contributed by atoms with van der Waals surface area (Å²) in [5.74, 6) is 0.859. The number of aliphatic hydroxyl groups is 3. The predicted octanol–water partition coefficient (Wildman–Crippen LogP) is 3.35. The third kappa shape index (κ3) is 5.09. The monoisotopic (exact) mass is 630 g/mol. The van der Waals surface area contributed by atoms with E-state index in [4.69, 9.17) is 23.7 Å². The maximum absolute atomic E-state index is 12.5. The van der Waals surface area contributed by atoms with E-state index in [0.717, 1.165) is 63.4 Å². The van der Waals surface area contributed by atoms with Crippen molar-refractivity contribution in [3.63, 3.8) is 0 Å². The highest BCUT2D eigenvalue weighted by Gasteiger charge is 2.67. The number of carbonyl (C=O) groups is 2. The SMILES string of the molecule is CC1OC(O[C@H]2CCC3(C)C4CCC5(C)[C@@H](C6=CC(=O)OC6)CC[C@]5(O)[C@@H]4CC[C@H]3C2)[C@@H](O)[C@@H](O[C@@H]2C=CC(=O)[C@H](C)O2)C1O. The van der Waals surface area contributed by atoms with Crippen LogP contribution in [0.4, 0.5) is 0 Å². The number of fused-ring (bicyclic) bond motifs is 5. The molecule has 4 saturated carbocycles. The molecule has 250 valence electrons. The van der Waals surface area contributed by atoms with Crippen molar-refractivity contribution in [2.75, 3.05) is 6.61 Å². The molecule has 0 aromatic rings. The lowest BCUT2D eigenvalue weighted by atomic mass is 9.43. The first kappa shape index (κ1) is 31.9. The normalized spacial score (nSPS) is 52.9. The standard InChI is InChI=1S/C35H50O10/c1-18-26(36)7-8-28(42-18)45-31-29(38)19(2)43-32(30(31)39)44-22-9-12-33(3)21(16-22)5-6-25-24(33)10-13-34(4)23(11-14-35(25,34)40)20-15-27(37)41-17-20/h7-8,15,18-19,21-25,28-32,38-40H,5-6,9-14,16-17H2,1-4H3/t18-,19?,21-,22-,23+,24?,25+,28+,29?,30-,31-,32?,33?,34?,35-/m0/s1. The van der Waals surface area contributed by atoms with Gasteiger partial charge in [0, 0.05) is 11.5 Å². The van der Waals surface area contributed by atoms with Crippen LogP contribution in [0.15, 0.2) is 23.8 Å². The summed E-state index contributed by atoms with van der Waals surface area (Å²) in [6, 6.07) is 0. The molecule has 1 saturated heterocycles. The zero-order valence-electron chi connectivity index (χ0n) is 26.9. The summed E-state index contributed by atoms with van der Waals surface area (Å²) in [5.41, 5.74) is 0.146. The van der Waals surface area contributed by atoms with Crippen LogP contribution >= 0.6 is 0 Å². The van der Waals surface area contributed by atoms with Gasteiger partial charge in [0.15, 0.2) is 18.4 Å². The van der Waals surface area contributed by atoms with E-state index in [-0.39, 0.29) is 40.5 Å². The molecule has 0 radical (unpaired) electrons. The number of cyclic esters (lactones) is 1. The second kappa shape index (κ2) is 11.5. The summed E-state index contributed by atoms with van der Waals surface area (Å²) in [7, 11) is 0. The largest absolute Gasteiger partial charge is 0.458 e. The number of esters is 1. The molecule has 5 fully saturated rings. The minimum Gasteiger partial charge on any atom is -0.458 e. The van der Waals surface area contributed by atoms with E-state index in [1.165, 1.54) is 12.2 Å². The Morgan fingerprint density at radius 3 is 2.44 bits per heavy atom. The molecule has 0 aromatic carbocycles. The molecule has 7 rings (SSSR count). The Morgan fingerprint density at radius 1 is 0.911 bits per heavy atom. The Balaban J connectivity index is 1.01. The van der Waals surface area contributed by atoms with Crippen LogP contribution in [0.25, 0.3) is 0 Å². The van der Waals surface area contributed by atoms with Crippen molar-refractivity contribution < 1.29 is 48.6 Å². The Hall–Kier alpha value is -1.66. The predicted molar refractivity (Wildman–Crippen MR) is 160 cm³/mol. The van der Waals surface area contributed by atoms with Crippen LogP contribution in [0.1, 0.15) is 85.5 Å². The van der Waals surface area contributed by atoms with Gasteiger partial charge >= 0.3 is 5.97 Å². The van der Waals surface area contributed by atoms with Crippen molar-refractivity contribution in [2.45, 2.75) is 140 Å². The fourth-order valence-electron chi connectivity index (χ4n) is 10.8. The van der Waals surface area contributed by atoms with Gasteiger partial charge in [-0.1, -0.05) is 13.8 Å². The van der Waals surface area contributed by atoms with E-state index in [1.54, 1.807) is 19.9 Å². The summed E-state index contributed by atoms with van der Waals surface area (Å²) in [6.45, 7) is 8.41. The smallest absolute Gasteiger partial charge is 0.331 e. The fraction of sp³-hybridized carbons (Fsp3) is 0.829. The first-order valence-corrected chi connectivity index (χ1v) is 17.1. The average molecular weight is 631 g/mol. The maximum atomic E-state index is 12.5. The number of ketones is 1. The molecule has 7 aliphatic rings. The lowest BCUT2D eigenvalue weighted by molar-refractivity contribution is -0.330. The van der Waals surface area contributed by atoms with Crippen LogP contribution in [0.3, 0.4) is 0 Å². The van der Waals surface area contributed by atoms with Crippen molar-refractivity contribution in [3.8, 4) is 0 Å². The lowest BCUT2D eigenvalue weighted by Gasteiger charge is -2.64. The van der Waals surface area contributed by atoms with Crippen LogP contribution in [0.2, 0.25) is 0 Å². The Labute approximate surface area is 265 Å². The molecule has 0 aromatic heterocycles. The Kier molecular flexibility index (Phi) is 8.15. The lowest BCUT2D eigenvalue weighted by Crippen LogP contribution is -2.63. The van der Waals surface area contributed by atoms with Crippen LogP contribution in [0.5, 0.6) is 0 Å². The maximum Gasteiger partial charge on any atom is 0.331 e. The molecule has 45 heavy (non-hydrogen) atoms. The van der Waals surface area contributed by atoms with Gasteiger partial charge < -0.3 is 39.0 Å². The van der Waals surface area contributed by atoms with Gasteiger partial charge in [0.2, 0.25) is 0 Å². The van der Waals surface area contributed by atoms with Gasteiger partial charge in [0.25, 0.3) is 0 Å². The number of carbonyl (C=O) groups excluding carboxylic acids is 2. The van der Waals surface area contributed by atoms with Crippen molar-refractivity contribution in [3.05, 3.63) is 23.8 Å². The van der Waals surface area contributed by atoms with Gasteiger partial charge in [-0.15, -0.1) is 0 Å². The summed E-state index contributed by atoms with van der Waals surface area (Å²) < 4.78 is 29.3. The van der Waals surface area contributed by atoms with Gasteiger partial charge in [-0.25, -0.2) is 4.79 Å². The zero-order valence-corrected chi connectivity index (χ0v) is 26.9. The van der Waals surface area contributed by atoms with Crippen LogP contribution in [0, 0.1) is 34.5 Å². The van der Waals surface area contributed by atoms with E-state index in [2.05, 4.69) is 13.8 Å². The first-order valence-electron chi connectivity index (χ1n) is 17.1. The summed E-state index contributed by atoms with van der Waals surface area (Å²) in [6.07, 6.45) is 6.34.